The molecule has 2 heterocycles. The molecule has 0 bridgehead atoms. The molecule has 0 N–H and O–H groups in total. The molecule has 9 aromatic rings. The molecule has 7 aromatic carbocycles. The number of hydrogen-bond donors (Lipinski definition) is 0. The van der Waals surface area contributed by atoms with Crippen LogP contribution in [0.5, 0.6) is 0 Å². The number of nitrogens with zero attached hydrogens (tertiary/aromatic N) is 2. The van der Waals surface area contributed by atoms with Crippen LogP contribution < -0.4 is 0 Å². The minimum atomic E-state index is 1.16. The maximum atomic E-state index is 2.44. The van der Waals surface area contributed by atoms with Crippen molar-refractivity contribution in [3.8, 4) is 33.6 Å². The van der Waals surface area contributed by atoms with Crippen LogP contribution in [0.25, 0.3) is 77.1 Å². The lowest BCUT2D eigenvalue weighted by Crippen LogP contribution is -1.94. The van der Waals surface area contributed by atoms with E-state index in [9.17, 15) is 0 Å². The molecule has 2 nitrogen and oxygen atoms in total. The number of rotatable bonds is 4. The van der Waals surface area contributed by atoms with E-state index in [1.807, 2.05) is 0 Å². The van der Waals surface area contributed by atoms with Crippen LogP contribution in [-0.4, -0.2) is 9.13 Å². The Kier molecular flexibility index (Phi) is 5.54. The zero-order valence-corrected chi connectivity index (χ0v) is 24.1. The molecule has 206 valence electrons. The Bertz CT molecular complexity index is 2460. The van der Waals surface area contributed by atoms with Crippen LogP contribution in [-0.2, 0) is 0 Å². The molecule has 0 aliphatic carbocycles. The second kappa shape index (κ2) is 9.86. The summed E-state index contributed by atoms with van der Waals surface area (Å²) in [6.07, 6.45) is 2.16. The average molecular weight is 561 g/mol. The van der Waals surface area contributed by atoms with Gasteiger partial charge in [-0.1, -0.05) is 109 Å². The summed E-state index contributed by atoms with van der Waals surface area (Å²) < 4.78 is 4.69. The van der Waals surface area contributed by atoms with Crippen molar-refractivity contribution in [1.82, 2.24) is 9.13 Å². The largest absolute Gasteiger partial charge is 0.317 e. The number of benzene rings is 7. The molecule has 44 heavy (non-hydrogen) atoms. The molecular formula is C42H28N2. The van der Waals surface area contributed by atoms with Gasteiger partial charge < -0.3 is 9.13 Å². The fraction of sp³-hybridized carbons (Fsp3) is 0. The maximum absolute atomic E-state index is 2.44. The third-order valence-electron chi connectivity index (χ3n) is 8.94. The van der Waals surface area contributed by atoms with Gasteiger partial charge in [0.25, 0.3) is 0 Å². The van der Waals surface area contributed by atoms with Crippen molar-refractivity contribution in [2.75, 3.05) is 0 Å². The van der Waals surface area contributed by atoms with Crippen LogP contribution in [0.2, 0.25) is 0 Å². The van der Waals surface area contributed by atoms with Crippen molar-refractivity contribution in [3.63, 3.8) is 0 Å². The fourth-order valence-corrected chi connectivity index (χ4v) is 6.80. The highest BCUT2D eigenvalue weighted by Gasteiger charge is 2.16. The van der Waals surface area contributed by atoms with Crippen LogP contribution in [0.4, 0.5) is 0 Å². The topological polar surface area (TPSA) is 9.86 Å². The average Bonchev–Trinajstić information content (AvgIpc) is 3.68. The minimum Gasteiger partial charge on any atom is -0.317 e. The van der Waals surface area contributed by atoms with Gasteiger partial charge in [-0.05, 0) is 82.2 Å². The molecule has 0 fully saturated rings. The normalized spacial score (nSPS) is 11.6. The Morgan fingerprint density at radius 1 is 0.341 bits per heavy atom. The second-order valence-corrected chi connectivity index (χ2v) is 11.5. The highest BCUT2D eigenvalue weighted by molar-refractivity contribution is 6.19. The molecule has 0 atom stereocenters. The standard InChI is InChI=1S/C42H28N2/c1-3-9-29(10-4-1)30-15-20-36(21-16-30)44-41-24-19-33(28-39(41)38-22-17-31-11-7-8-14-37(31)42(38)44)32-18-23-40-34(27-32)25-26-43(40)35-12-5-2-6-13-35/h1-28H. The van der Waals surface area contributed by atoms with Gasteiger partial charge in [-0.25, -0.2) is 0 Å². The molecule has 0 radical (unpaired) electrons. The molecule has 0 saturated carbocycles. The molecule has 0 aliphatic heterocycles. The van der Waals surface area contributed by atoms with E-state index in [0.29, 0.717) is 0 Å². The molecule has 0 amide bonds. The van der Waals surface area contributed by atoms with E-state index in [1.54, 1.807) is 0 Å². The first-order chi connectivity index (χ1) is 21.8. The lowest BCUT2D eigenvalue weighted by atomic mass is 10.0. The molecule has 0 unspecified atom stereocenters. The van der Waals surface area contributed by atoms with E-state index in [-0.39, 0.29) is 0 Å². The molecule has 0 saturated heterocycles. The lowest BCUT2D eigenvalue weighted by Gasteiger charge is -2.11. The van der Waals surface area contributed by atoms with Crippen molar-refractivity contribution in [3.05, 3.63) is 170 Å². The predicted octanol–water partition coefficient (Wildman–Crippen LogP) is 11.2. The molecule has 0 aliphatic rings. The summed E-state index contributed by atoms with van der Waals surface area (Å²) in [7, 11) is 0. The Morgan fingerprint density at radius 3 is 1.82 bits per heavy atom. The van der Waals surface area contributed by atoms with E-state index >= 15 is 0 Å². The van der Waals surface area contributed by atoms with Crippen LogP contribution in [0, 0.1) is 0 Å². The SMILES string of the molecule is c1ccc(-c2ccc(-n3c4ccc(-c5ccc6c(ccn6-c6ccccc6)c5)cc4c4ccc5ccccc5c43)cc2)cc1. The monoisotopic (exact) mass is 560 g/mol. The van der Waals surface area contributed by atoms with Crippen LogP contribution in [0.15, 0.2) is 170 Å². The van der Waals surface area contributed by atoms with Gasteiger partial charge in [0.2, 0.25) is 0 Å². The minimum absolute atomic E-state index is 1.16. The Hall–Kier alpha value is -5.86. The molecule has 2 aromatic heterocycles. The van der Waals surface area contributed by atoms with Crippen molar-refractivity contribution in [2.45, 2.75) is 0 Å². The lowest BCUT2D eigenvalue weighted by molar-refractivity contribution is 1.13. The van der Waals surface area contributed by atoms with E-state index < -0.39 is 0 Å². The van der Waals surface area contributed by atoms with Gasteiger partial charge in [0.05, 0.1) is 16.6 Å². The van der Waals surface area contributed by atoms with Crippen LogP contribution in [0.3, 0.4) is 0 Å². The quantitative estimate of drug-likeness (QED) is 0.203. The fourth-order valence-electron chi connectivity index (χ4n) is 6.80. The van der Waals surface area contributed by atoms with E-state index in [2.05, 4.69) is 179 Å². The maximum Gasteiger partial charge on any atom is 0.0619 e. The number of para-hydroxylation sites is 1. The summed E-state index contributed by atoms with van der Waals surface area (Å²) in [5.74, 6) is 0. The zero-order valence-electron chi connectivity index (χ0n) is 24.1. The second-order valence-electron chi connectivity index (χ2n) is 11.5. The first kappa shape index (κ1) is 24.7. The van der Waals surface area contributed by atoms with Gasteiger partial charge >= 0.3 is 0 Å². The highest BCUT2D eigenvalue weighted by Crippen LogP contribution is 2.39. The third-order valence-corrected chi connectivity index (χ3v) is 8.94. The first-order valence-electron chi connectivity index (χ1n) is 15.1. The van der Waals surface area contributed by atoms with E-state index in [4.69, 9.17) is 0 Å². The number of aromatic nitrogens is 2. The molecule has 0 spiro atoms. The van der Waals surface area contributed by atoms with Crippen molar-refractivity contribution in [2.24, 2.45) is 0 Å². The molecule has 2 heteroatoms. The highest BCUT2D eigenvalue weighted by atomic mass is 15.0. The van der Waals surface area contributed by atoms with Crippen LogP contribution >= 0.6 is 0 Å². The van der Waals surface area contributed by atoms with Gasteiger partial charge in [-0.15, -0.1) is 0 Å². The predicted molar refractivity (Wildman–Crippen MR) is 186 cm³/mol. The van der Waals surface area contributed by atoms with Gasteiger partial charge in [0.1, 0.15) is 0 Å². The zero-order chi connectivity index (χ0) is 29.0. The molecule has 9 rings (SSSR count). The summed E-state index contributed by atoms with van der Waals surface area (Å²) in [6, 6.07) is 59.3. The van der Waals surface area contributed by atoms with Crippen LogP contribution in [0.1, 0.15) is 0 Å². The summed E-state index contributed by atoms with van der Waals surface area (Å²) in [4.78, 5) is 0. The Balaban J connectivity index is 1.22. The van der Waals surface area contributed by atoms with Crippen molar-refractivity contribution in [1.29, 1.82) is 0 Å². The smallest absolute Gasteiger partial charge is 0.0619 e. The van der Waals surface area contributed by atoms with Crippen molar-refractivity contribution >= 4 is 43.5 Å². The third kappa shape index (κ3) is 3.89. The Labute approximate surface area is 255 Å². The molecular weight excluding hydrogens is 532 g/mol. The van der Waals surface area contributed by atoms with Gasteiger partial charge in [-0.2, -0.15) is 0 Å². The van der Waals surface area contributed by atoms with Gasteiger partial charge in [-0.3, -0.25) is 0 Å². The number of fused-ring (bicyclic) bond motifs is 6. The summed E-state index contributed by atoms with van der Waals surface area (Å²) >= 11 is 0. The van der Waals surface area contributed by atoms with E-state index in [1.165, 1.54) is 71.4 Å². The van der Waals surface area contributed by atoms with Gasteiger partial charge in [0.15, 0.2) is 0 Å². The van der Waals surface area contributed by atoms with E-state index in [0.717, 1.165) is 5.69 Å². The van der Waals surface area contributed by atoms with Gasteiger partial charge in [0, 0.05) is 39.1 Å². The first-order valence-corrected chi connectivity index (χ1v) is 15.1. The van der Waals surface area contributed by atoms with Crippen molar-refractivity contribution < 1.29 is 0 Å². The summed E-state index contributed by atoms with van der Waals surface area (Å²) in [5.41, 5.74) is 10.9. The number of hydrogen-bond acceptors (Lipinski definition) is 0. The summed E-state index contributed by atoms with van der Waals surface area (Å²) in [5, 5.41) is 6.27. The Morgan fingerprint density at radius 2 is 1.00 bits per heavy atom. The summed E-state index contributed by atoms with van der Waals surface area (Å²) in [6.45, 7) is 0.